The van der Waals surface area contributed by atoms with Gasteiger partial charge in [-0.3, -0.25) is 4.79 Å². The second-order valence-electron chi connectivity index (χ2n) is 5.85. The molecule has 0 aliphatic rings. The zero-order valence-corrected chi connectivity index (χ0v) is 13.9. The lowest BCUT2D eigenvalue weighted by Gasteiger charge is -2.22. The van der Waals surface area contributed by atoms with Gasteiger partial charge < -0.3 is 9.47 Å². The zero-order chi connectivity index (χ0) is 15.9. The van der Waals surface area contributed by atoms with E-state index in [1.54, 1.807) is 6.92 Å². The third kappa shape index (κ3) is 4.23. The number of unbranched alkanes of at least 4 members (excludes halogenated alkanes) is 1. The summed E-state index contributed by atoms with van der Waals surface area (Å²) in [7, 11) is 0. The number of hydrogen-bond acceptors (Lipinski definition) is 1. The molecule has 0 aliphatic heterocycles. The van der Waals surface area contributed by atoms with Crippen LogP contribution in [0.2, 0.25) is 0 Å². The van der Waals surface area contributed by atoms with Crippen LogP contribution in [0.5, 0.6) is 0 Å². The van der Waals surface area contributed by atoms with Gasteiger partial charge in [-0.25, -0.2) is 0 Å². The normalized spacial score (nSPS) is 10.7. The summed E-state index contributed by atoms with van der Waals surface area (Å²) in [4.78, 5) is 13.8. The second-order valence-corrected chi connectivity index (χ2v) is 5.85. The van der Waals surface area contributed by atoms with E-state index in [9.17, 15) is 4.79 Å². The van der Waals surface area contributed by atoms with Gasteiger partial charge in [-0.05, 0) is 36.6 Å². The van der Waals surface area contributed by atoms with E-state index in [2.05, 4.69) is 61.0 Å². The number of aromatic nitrogens is 1. The van der Waals surface area contributed by atoms with Gasteiger partial charge in [0.05, 0.1) is 6.54 Å². The average Bonchev–Trinajstić information content (AvgIpc) is 2.92. The van der Waals surface area contributed by atoms with Gasteiger partial charge in [0.2, 0.25) is 5.91 Å². The highest BCUT2D eigenvalue weighted by Gasteiger charge is 2.11. The van der Waals surface area contributed by atoms with Crippen LogP contribution in [0.15, 0.2) is 42.6 Å². The van der Waals surface area contributed by atoms with Crippen molar-refractivity contribution in [2.45, 2.75) is 46.7 Å². The Balaban J connectivity index is 2.11. The first-order valence-corrected chi connectivity index (χ1v) is 8.06. The summed E-state index contributed by atoms with van der Waals surface area (Å²) >= 11 is 0. The van der Waals surface area contributed by atoms with Crippen LogP contribution in [0.4, 0.5) is 0 Å². The molecular formula is C19H26N2O. The Morgan fingerprint density at radius 1 is 1.18 bits per heavy atom. The van der Waals surface area contributed by atoms with Gasteiger partial charge in [-0.15, -0.1) is 0 Å². The van der Waals surface area contributed by atoms with Gasteiger partial charge in [0, 0.05) is 31.9 Å². The van der Waals surface area contributed by atoms with Crippen LogP contribution in [0.25, 0.3) is 0 Å². The fraction of sp³-hybridized carbons (Fsp3) is 0.421. The van der Waals surface area contributed by atoms with E-state index < -0.39 is 0 Å². The molecule has 0 atom stereocenters. The van der Waals surface area contributed by atoms with Gasteiger partial charge in [-0.2, -0.15) is 0 Å². The molecule has 1 heterocycles. The highest BCUT2D eigenvalue weighted by atomic mass is 16.2. The summed E-state index contributed by atoms with van der Waals surface area (Å²) in [5, 5.41) is 0. The molecule has 2 aromatic rings. The number of rotatable bonds is 7. The Labute approximate surface area is 133 Å². The standard InChI is InChI=1S/C19H26N2O/c1-4-5-12-20(17(3)22)15-19-11-8-13-21(19)14-18-10-7-6-9-16(18)2/h6-11,13H,4-5,12,14-15H2,1-3H3. The van der Waals surface area contributed by atoms with E-state index in [-0.39, 0.29) is 5.91 Å². The summed E-state index contributed by atoms with van der Waals surface area (Å²) in [5.41, 5.74) is 3.81. The Kier molecular flexibility index (Phi) is 5.82. The first kappa shape index (κ1) is 16.3. The minimum atomic E-state index is 0.150. The van der Waals surface area contributed by atoms with Crippen molar-refractivity contribution in [2.75, 3.05) is 6.54 Å². The largest absolute Gasteiger partial charge is 0.345 e. The first-order valence-electron chi connectivity index (χ1n) is 8.06. The van der Waals surface area contributed by atoms with E-state index in [0.29, 0.717) is 6.54 Å². The van der Waals surface area contributed by atoms with Crippen molar-refractivity contribution in [3.8, 4) is 0 Å². The van der Waals surface area contributed by atoms with Crippen molar-refractivity contribution in [3.63, 3.8) is 0 Å². The molecule has 0 radical (unpaired) electrons. The molecule has 3 heteroatoms. The topological polar surface area (TPSA) is 25.2 Å². The van der Waals surface area contributed by atoms with E-state index in [1.807, 2.05) is 4.90 Å². The lowest BCUT2D eigenvalue weighted by atomic mass is 10.1. The molecule has 0 N–H and O–H groups in total. The van der Waals surface area contributed by atoms with E-state index in [0.717, 1.165) is 25.9 Å². The van der Waals surface area contributed by atoms with Crippen molar-refractivity contribution < 1.29 is 4.79 Å². The molecule has 2 rings (SSSR count). The van der Waals surface area contributed by atoms with Gasteiger partial charge in [0.15, 0.2) is 0 Å². The lowest BCUT2D eigenvalue weighted by molar-refractivity contribution is -0.129. The van der Waals surface area contributed by atoms with Crippen LogP contribution in [-0.4, -0.2) is 21.9 Å². The number of hydrogen-bond donors (Lipinski definition) is 0. The van der Waals surface area contributed by atoms with E-state index in [1.165, 1.54) is 16.8 Å². The van der Waals surface area contributed by atoms with Crippen molar-refractivity contribution in [1.29, 1.82) is 0 Å². The lowest BCUT2D eigenvalue weighted by Crippen LogP contribution is -2.30. The molecule has 3 nitrogen and oxygen atoms in total. The van der Waals surface area contributed by atoms with Gasteiger partial charge in [0.1, 0.15) is 0 Å². The number of aryl methyl sites for hydroxylation is 1. The smallest absolute Gasteiger partial charge is 0.219 e. The predicted molar refractivity (Wildman–Crippen MR) is 90.7 cm³/mol. The summed E-state index contributed by atoms with van der Waals surface area (Å²) in [6.45, 7) is 8.33. The SMILES string of the molecule is CCCCN(Cc1cccn1Cc1ccccc1C)C(C)=O. The number of carbonyl (C=O) groups is 1. The monoisotopic (exact) mass is 298 g/mol. The second kappa shape index (κ2) is 7.83. The summed E-state index contributed by atoms with van der Waals surface area (Å²) in [6.07, 6.45) is 4.26. The van der Waals surface area contributed by atoms with Crippen LogP contribution < -0.4 is 0 Å². The summed E-state index contributed by atoms with van der Waals surface area (Å²) in [6, 6.07) is 12.6. The third-order valence-corrected chi connectivity index (χ3v) is 4.11. The van der Waals surface area contributed by atoms with Crippen molar-refractivity contribution in [3.05, 3.63) is 59.4 Å². The molecule has 1 amide bonds. The van der Waals surface area contributed by atoms with Crippen molar-refractivity contribution >= 4 is 5.91 Å². The molecule has 0 bridgehead atoms. The zero-order valence-electron chi connectivity index (χ0n) is 13.9. The van der Waals surface area contributed by atoms with Crippen LogP contribution >= 0.6 is 0 Å². The molecular weight excluding hydrogens is 272 g/mol. The summed E-state index contributed by atoms with van der Waals surface area (Å²) in [5.74, 6) is 0.150. The maximum absolute atomic E-state index is 11.8. The van der Waals surface area contributed by atoms with Crippen molar-refractivity contribution in [1.82, 2.24) is 9.47 Å². The van der Waals surface area contributed by atoms with Crippen LogP contribution in [0.3, 0.4) is 0 Å². The highest BCUT2D eigenvalue weighted by molar-refractivity contribution is 5.73. The third-order valence-electron chi connectivity index (χ3n) is 4.11. The molecule has 0 aliphatic carbocycles. The molecule has 1 aromatic carbocycles. The molecule has 0 fully saturated rings. The number of nitrogens with zero attached hydrogens (tertiary/aromatic N) is 2. The predicted octanol–water partition coefficient (Wildman–Crippen LogP) is 3.99. The highest BCUT2D eigenvalue weighted by Crippen LogP contribution is 2.14. The quantitative estimate of drug-likeness (QED) is 0.758. The fourth-order valence-corrected chi connectivity index (χ4v) is 2.61. The number of benzene rings is 1. The maximum Gasteiger partial charge on any atom is 0.219 e. The minimum Gasteiger partial charge on any atom is -0.345 e. The van der Waals surface area contributed by atoms with Gasteiger partial charge in [0.25, 0.3) is 0 Å². The van der Waals surface area contributed by atoms with Gasteiger partial charge in [-0.1, -0.05) is 37.6 Å². The molecule has 118 valence electrons. The Morgan fingerprint density at radius 3 is 2.64 bits per heavy atom. The van der Waals surface area contributed by atoms with Gasteiger partial charge >= 0.3 is 0 Å². The number of amides is 1. The molecule has 0 spiro atoms. The Morgan fingerprint density at radius 2 is 1.95 bits per heavy atom. The Hall–Kier alpha value is -2.03. The van der Waals surface area contributed by atoms with Crippen molar-refractivity contribution in [2.24, 2.45) is 0 Å². The van der Waals surface area contributed by atoms with E-state index in [4.69, 9.17) is 0 Å². The molecule has 0 saturated heterocycles. The van der Waals surface area contributed by atoms with Crippen LogP contribution in [-0.2, 0) is 17.9 Å². The molecule has 0 saturated carbocycles. The van der Waals surface area contributed by atoms with Crippen LogP contribution in [0.1, 0.15) is 43.5 Å². The number of carbonyl (C=O) groups excluding carboxylic acids is 1. The Bertz CT molecular complexity index is 615. The molecule has 22 heavy (non-hydrogen) atoms. The average molecular weight is 298 g/mol. The molecule has 0 unspecified atom stereocenters. The minimum absolute atomic E-state index is 0.150. The van der Waals surface area contributed by atoms with Crippen LogP contribution in [0, 0.1) is 6.92 Å². The summed E-state index contributed by atoms with van der Waals surface area (Å²) < 4.78 is 2.24. The molecule has 1 aromatic heterocycles. The van der Waals surface area contributed by atoms with E-state index >= 15 is 0 Å². The fourth-order valence-electron chi connectivity index (χ4n) is 2.61. The maximum atomic E-state index is 11.8. The first-order chi connectivity index (χ1) is 10.6.